The van der Waals surface area contributed by atoms with Crippen molar-refractivity contribution in [3.05, 3.63) is 58.5 Å². The molecule has 4 nitrogen and oxygen atoms in total. The van der Waals surface area contributed by atoms with Crippen LogP contribution in [0.15, 0.2) is 47.3 Å². The Morgan fingerprint density at radius 3 is 2.50 bits per heavy atom. The van der Waals surface area contributed by atoms with Crippen molar-refractivity contribution in [1.82, 2.24) is 4.98 Å². The van der Waals surface area contributed by atoms with Gasteiger partial charge in [-0.25, -0.2) is 4.79 Å². The standard InChI is InChI=1S/C14H13NO3/c1-2-18-14(17)12-9-8-11(13(16)15-12)10-6-4-3-5-7-10/h3-9H,2H2,1H3,(H,15,16). The maximum absolute atomic E-state index is 11.9. The molecule has 0 unspecified atom stereocenters. The fourth-order valence-electron chi connectivity index (χ4n) is 1.65. The van der Waals surface area contributed by atoms with Crippen molar-refractivity contribution >= 4 is 5.97 Å². The van der Waals surface area contributed by atoms with Crippen LogP contribution in [0.1, 0.15) is 17.4 Å². The van der Waals surface area contributed by atoms with E-state index >= 15 is 0 Å². The maximum atomic E-state index is 11.9. The first-order valence-electron chi connectivity index (χ1n) is 5.68. The van der Waals surface area contributed by atoms with Gasteiger partial charge in [0.1, 0.15) is 5.69 Å². The predicted molar refractivity (Wildman–Crippen MR) is 68.5 cm³/mol. The zero-order valence-corrected chi connectivity index (χ0v) is 9.97. The van der Waals surface area contributed by atoms with Crippen LogP contribution < -0.4 is 5.56 Å². The molecule has 0 spiro atoms. The summed E-state index contributed by atoms with van der Waals surface area (Å²) in [6.07, 6.45) is 0. The van der Waals surface area contributed by atoms with Gasteiger partial charge in [0.25, 0.3) is 5.56 Å². The lowest BCUT2D eigenvalue weighted by Gasteiger charge is -2.03. The number of hydrogen-bond acceptors (Lipinski definition) is 3. The third kappa shape index (κ3) is 2.48. The number of carbonyl (C=O) groups excluding carboxylic acids is 1. The van der Waals surface area contributed by atoms with E-state index in [-0.39, 0.29) is 17.9 Å². The second-order valence-corrected chi connectivity index (χ2v) is 3.70. The summed E-state index contributed by atoms with van der Waals surface area (Å²) in [5.41, 5.74) is 1.21. The van der Waals surface area contributed by atoms with Crippen molar-refractivity contribution in [1.29, 1.82) is 0 Å². The third-order valence-corrected chi connectivity index (χ3v) is 2.49. The molecule has 2 aromatic rings. The molecular formula is C14H13NO3. The van der Waals surface area contributed by atoms with E-state index in [4.69, 9.17) is 4.74 Å². The van der Waals surface area contributed by atoms with Crippen LogP contribution in [-0.4, -0.2) is 17.6 Å². The summed E-state index contributed by atoms with van der Waals surface area (Å²) in [6, 6.07) is 12.5. The average Bonchev–Trinajstić information content (AvgIpc) is 2.40. The number of esters is 1. The van der Waals surface area contributed by atoms with Gasteiger partial charge < -0.3 is 9.72 Å². The molecule has 92 valence electrons. The molecule has 0 saturated heterocycles. The van der Waals surface area contributed by atoms with Crippen LogP contribution in [0.4, 0.5) is 0 Å². The number of nitrogens with one attached hydrogen (secondary N) is 1. The van der Waals surface area contributed by atoms with Gasteiger partial charge in [-0.15, -0.1) is 0 Å². The Labute approximate surface area is 104 Å². The molecule has 0 aliphatic rings. The highest BCUT2D eigenvalue weighted by molar-refractivity contribution is 5.87. The first kappa shape index (κ1) is 12.1. The van der Waals surface area contributed by atoms with Gasteiger partial charge in [0, 0.05) is 5.56 Å². The zero-order chi connectivity index (χ0) is 13.0. The van der Waals surface area contributed by atoms with E-state index in [0.717, 1.165) is 5.56 Å². The topological polar surface area (TPSA) is 59.2 Å². The van der Waals surface area contributed by atoms with E-state index in [1.165, 1.54) is 0 Å². The molecule has 0 aliphatic heterocycles. The van der Waals surface area contributed by atoms with E-state index in [0.29, 0.717) is 5.56 Å². The Morgan fingerprint density at radius 1 is 1.17 bits per heavy atom. The molecule has 0 aliphatic carbocycles. The van der Waals surface area contributed by atoms with Gasteiger partial charge in [-0.05, 0) is 24.6 Å². The van der Waals surface area contributed by atoms with E-state index < -0.39 is 5.97 Å². The molecule has 1 aromatic carbocycles. The van der Waals surface area contributed by atoms with Gasteiger partial charge in [-0.3, -0.25) is 4.79 Å². The SMILES string of the molecule is CCOC(=O)c1ccc(-c2ccccc2)c(=O)[nH]1. The summed E-state index contributed by atoms with van der Waals surface area (Å²) < 4.78 is 4.82. The van der Waals surface area contributed by atoms with Crippen LogP contribution in [0.25, 0.3) is 11.1 Å². The van der Waals surface area contributed by atoms with Crippen molar-refractivity contribution in [3.8, 4) is 11.1 Å². The number of aromatic nitrogens is 1. The molecule has 2 rings (SSSR count). The molecule has 0 bridgehead atoms. The molecule has 1 N–H and O–H groups in total. The van der Waals surface area contributed by atoms with Gasteiger partial charge in [-0.2, -0.15) is 0 Å². The average molecular weight is 243 g/mol. The highest BCUT2D eigenvalue weighted by Crippen LogP contribution is 2.14. The van der Waals surface area contributed by atoms with Crippen molar-refractivity contribution in [2.24, 2.45) is 0 Å². The predicted octanol–water partition coefficient (Wildman–Crippen LogP) is 2.22. The largest absolute Gasteiger partial charge is 0.461 e. The summed E-state index contributed by atoms with van der Waals surface area (Å²) in [5, 5.41) is 0. The summed E-state index contributed by atoms with van der Waals surface area (Å²) in [4.78, 5) is 25.9. The number of ether oxygens (including phenoxy) is 1. The molecule has 0 atom stereocenters. The Hall–Kier alpha value is -2.36. The van der Waals surface area contributed by atoms with Crippen molar-refractivity contribution in [2.75, 3.05) is 6.61 Å². The quantitative estimate of drug-likeness (QED) is 0.841. The lowest BCUT2D eigenvalue weighted by Crippen LogP contribution is -2.16. The van der Waals surface area contributed by atoms with Crippen LogP contribution in [0, 0.1) is 0 Å². The zero-order valence-electron chi connectivity index (χ0n) is 9.97. The van der Waals surface area contributed by atoms with Gasteiger partial charge in [-0.1, -0.05) is 30.3 Å². The van der Waals surface area contributed by atoms with E-state index in [1.54, 1.807) is 19.1 Å². The third-order valence-electron chi connectivity index (χ3n) is 2.49. The molecule has 0 radical (unpaired) electrons. The number of pyridine rings is 1. The number of hydrogen-bond donors (Lipinski definition) is 1. The number of aromatic amines is 1. The molecule has 1 heterocycles. The van der Waals surface area contributed by atoms with Gasteiger partial charge in [0.2, 0.25) is 0 Å². The van der Waals surface area contributed by atoms with Crippen molar-refractivity contribution in [3.63, 3.8) is 0 Å². The minimum atomic E-state index is -0.519. The van der Waals surface area contributed by atoms with Crippen LogP contribution in [0.2, 0.25) is 0 Å². The van der Waals surface area contributed by atoms with E-state index in [2.05, 4.69) is 4.98 Å². The van der Waals surface area contributed by atoms with Crippen LogP contribution >= 0.6 is 0 Å². The molecule has 0 fully saturated rings. The smallest absolute Gasteiger partial charge is 0.354 e. The molecule has 4 heteroatoms. The second kappa shape index (κ2) is 5.31. The highest BCUT2D eigenvalue weighted by Gasteiger charge is 2.09. The summed E-state index contributed by atoms with van der Waals surface area (Å²) in [6.45, 7) is 2.00. The number of carbonyl (C=O) groups is 1. The Morgan fingerprint density at radius 2 is 1.89 bits per heavy atom. The molecular weight excluding hydrogens is 230 g/mol. The summed E-state index contributed by atoms with van der Waals surface area (Å²) in [5.74, 6) is -0.519. The first-order valence-corrected chi connectivity index (χ1v) is 5.68. The monoisotopic (exact) mass is 243 g/mol. The lowest BCUT2D eigenvalue weighted by molar-refractivity contribution is 0.0519. The van der Waals surface area contributed by atoms with Gasteiger partial charge >= 0.3 is 5.97 Å². The number of rotatable bonds is 3. The first-order chi connectivity index (χ1) is 8.72. The minimum Gasteiger partial charge on any atom is -0.461 e. The Bertz CT molecular complexity index is 602. The summed E-state index contributed by atoms with van der Waals surface area (Å²) >= 11 is 0. The minimum absolute atomic E-state index is 0.168. The second-order valence-electron chi connectivity index (χ2n) is 3.70. The van der Waals surface area contributed by atoms with Crippen LogP contribution in [-0.2, 0) is 4.74 Å². The Balaban J connectivity index is 2.38. The fraction of sp³-hybridized carbons (Fsp3) is 0.143. The van der Waals surface area contributed by atoms with Crippen LogP contribution in [0.3, 0.4) is 0 Å². The van der Waals surface area contributed by atoms with E-state index in [1.807, 2.05) is 30.3 Å². The van der Waals surface area contributed by atoms with Gasteiger partial charge in [0.05, 0.1) is 6.61 Å². The maximum Gasteiger partial charge on any atom is 0.354 e. The molecule has 18 heavy (non-hydrogen) atoms. The van der Waals surface area contributed by atoms with Crippen molar-refractivity contribution in [2.45, 2.75) is 6.92 Å². The number of benzene rings is 1. The fourth-order valence-corrected chi connectivity index (χ4v) is 1.65. The molecule has 1 aromatic heterocycles. The molecule has 0 amide bonds. The van der Waals surface area contributed by atoms with Crippen LogP contribution in [0.5, 0.6) is 0 Å². The Kier molecular flexibility index (Phi) is 3.57. The van der Waals surface area contributed by atoms with E-state index in [9.17, 15) is 9.59 Å². The van der Waals surface area contributed by atoms with Crippen molar-refractivity contribution < 1.29 is 9.53 Å². The highest BCUT2D eigenvalue weighted by atomic mass is 16.5. The van der Waals surface area contributed by atoms with Gasteiger partial charge in [0.15, 0.2) is 0 Å². The normalized spacial score (nSPS) is 10.1. The summed E-state index contributed by atoms with van der Waals surface area (Å²) in [7, 11) is 0. The number of H-pyrrole nitrogens is 1. The lowest BCUT2D eigenvalue weighted by atomic mass is 10.1. The molecule has 0 saturated carbocycles.